The van der Waals surface area contributed by atoms with Crippen LogP contribution in [-0.4, -0.2) is 35.4 Å². The lowest BCUT2D eigenvalue weighted by atomic mass is 10.1. The van der Waals surface area contributed by atoms with Gasteiger partial charge >= 0.3 is 0 Å². The van der Waals surface area contributed by atoms with Crippen molar-refractivity contribution in [2.75, 3.05) is 26.2 Å². The molecule has 1 aromatic carbocycles. The summed E-state index contributed by atoms with van der Waals surface area (Å²) in [6, 6.07) is 9.48. The lowest BCUT2D eigenvalue weighted by Crippen LogP contribution is -1.99. The van der Waals surface area contributed by atoms with Crippen LogP contribution in [0.5, 0.6) is 11.5 Å². The fraction of sp³-hybridized carbons (Fsp3) is 0.188. The number of nitrogens with two attached hydrogens (primary N) is 1. The van der Waals surface area contributed by atoms with E-state index in [0.717, 1.165) is 27.3 Å². The van der Waals surface area contributed by atoms with Crippen molar-refractivity contribution in [1.82, 2.24) is 15.0 Å². The van der Waals surface area contributed by atoms with Crippen LogP contribution in [0.3, 0.4) is 0 Å². The van der Waals surface area contributed by atoms with Crippen molar-refractivity contribution >= 4 is 28.7 Å². The Kier molecular flexibility index (Phi) is 4.20. The van der Waals surface area contributed by atoms with Crippen molar-refractivity contribution in [3.05, 3.63) is 30.3 Å². The van der Waals surface area contributed by atoms with Gasteiger partial charge in [-0.3, -0.25) is 0 Å². The molecule has 0 aliphatic rings. The molecular weight excluding hydrogens is 312 g/mol. The van der Waals surface area contributed by atoms with Crippen LogP contribution >= 0.6 is 11.8 Å². The second-order valence-corrected chi connectivity index (χ2v) is 5.52. The van der Waals surface area contributed by atoms with Crippen LogP contribution in [0.25, 0.3) is 22.3 Å². The average Bonchev–Trinajstić information content (AvgIpc) is 2.59. The minimum Gasteiger partial charge on any atom is -0.493 e. The summed E-state index contributed by atoms with van der Waals surface area (Å²) in [7, 11) is 3.22. The normalized spacial score (nSPS) is 10.7. The van der Waals surface area contributed by atoms with E-state index in [2.05, 4.69) is 9.97 Å². The van der Waals surface area contributed by atoms with E-state index in [-0.39, 0.29) is 5.95 Å². The molecule has 0 aliphatic heterocycles. The predicted molar refractivity (Wildman–Crippen MR) is 92.1 cm³/mol. The van der Waals surface area contributed by atoms with Gasteiger partial charge in [-0.1, -0.05) is 0 Å². The first-order valence-corrected chi connectivity index (χ1v) is 8.09. The maximum atomic E-state index is 5.73. The molecule has 0 saturated carbocycles. The van der Waals surface area contributed by atoms with Gasteiger partial charge in [-0.2, -0.15) is 0 Å². The molecule has 3 aromatic rings. The van der Waals surface area contributed by atoms with Crippen LogP contribution in [0.15, 0.2) is 35.4 Å². The number of benzene rings is 1. The number of hydrogen-bond donors (Lipinski definition) is 1. The number of hydrogen-bond acceptors (Lipinski definition) is 7. The summed E-state index contributed by atoms with van der Waals surface area (Å²) in [6.07, 6.45) is 1.94. The topological polar surface area (TPSA) is 83.2 Å². The SMILES string of the molecule is COc1ccc(-c2ccc3nc(N)nc(SC)c3n2)cc1OC. The average molecular weight is 328 g/mol. The van der Waals surface area contributed by atoms with Crippen molar-refractivity contribution in [2.45, 2.75) is 5.03 Å². The molecule has 3 rings (SSSR count). The number of methoxy groups -OCH3 is 2. The summed E-state index contributed by atoms with van der Waals surface area (Å²) >= 11 is 1.49. The molecule has 0 amide bonds. The smallest absolute Gasteiger partial charge is 0.221 e. The first-order chi connectivity index (χ1) is 11.2. The molecule has 7 heteroatoms. The Labute approximate surface area is 138 Å². The number of anilines is 1. The number of fused-ring (bicyclic) bond motifs is 1. The molecule has 118 valence electrons. The van der Waals surface area contributed by atoms with Crippen LogP contribution in [0.1, 0.15) is 0 Å². The van der Waals surface area contributed by atoms with E-state index in [9.17, 15) is 0 Å². The van der Waals surface area contributed by atoms with E-state index in [0.29, 0.717) is 11.5 Å². The van der Waals surface area contributed by atoms with Gasteiger partial charge in [-0.15, -0.1) is 11.8 Å². The third-order valence-electron chi connectivity index (χ3n) is 3.40. The van der Waals surface area contributed by atoms with Crippen LogP contribution in [0.4, 0.5) is 5.95 Å². The fourth-order valence-electron chi connectivity index (χ4n) is 2.30. The van der Waals surface area contributed by atoms with E-state index in [1.807, 2.05) is 36.6 Å². The van der Waals surface area contributed by atoms with Crippen LogP contribution < -0.4 is 15.2 Å². The highest BCUT2D eigenvalue weighted by Crippen LogP contribution is 2.33. The zero-order valence-electron chi connectivity index (χ0n) is 13.0. The highest BCUT2D eigenvalue weighted by Gasteiger charge is 2.11. The second kappa shape index (κ2) is 6.29. The third-order valence-corrected chi connectivity index (χ3v) is 4.07. The summed E-state index contributed by atoms with van der Waals surface area (Å²) in [4.78, 5) is 13.2. The summed E-state index contributed by atoms with van der Waals surface area (Å²) < 4.78 is 10.6. The van der Waals surface area contributed by atoms with Crippen molar-refractivity contribution in [1.29, 1.82) is 0 Å². The standard InChI is InChI=1S/C16H16N4O2S/c1-21-12-7-4-9(8-13(12)22-2)10-5-6-11-14(18-10)15(23-3)20-16(17)19-11/h4-8H,1-3H3,(H2,17,19,20). The molecule has 0 fully saturated rings. The van der Waals surface area contributed by atoms with Gasteiger partial charge in [0.1, 0.15) is 10.5 Å². The molecule has 0 radical (unpaired) electrons. The number of nitrogen functional groups attached to an aromatic ring is 1. The van der Waals surface area contributed by atoms with Gasteiger partial charge in [-0.05, 0) is 36.6 Å². The highest BCUT2D eigenvalue weighted by atomic mass is 32.2. The highest BCUT2D eigenvalue weighted by molar-refractivity contribution is 7.98. The number of ether oxygens (including phenoxy) is 2. The van der Waals surface area contributed by atoms with Gasteiger partial charge in [-0.25, -0.2) is 15.0 Å². The van der Waals surface area contributed by atoms with E-state index < -0.39 is 0 Å². The zero-order chi connectivity index (χ0) is 16.4. The molecular formula is C16H16N4O2S. The third kappa shape index (κ3) is 2.87. The van der Waals surface area contributed by atoms with Crippen LogP contribution in [-0.2, 0) is 0 Å². The predicted octanol–water partition coefficient (Wildman–Crippen LogP) is 3.01. The van der Waals surface area contributed by atoms with Gasteiger partial charge in [0.15, 0.2) is 11.5 Å². The van der Waals surface area contributed by atoms with E-state index in [1.165, 1.54) is 11.8 Å². The minimum absolute atomic E-state index is 0.252. The first kappa shape index (κ1) is 15.4. The van der Waals surface area contributed by atoms with Crippen molar-refractivity contribution < 1.29 is 9.47 Å². The maximum Gasteiger partial charge on any atom is 0.221 e. The summed E-state index contributed by atoms with van der Waals surface area (Å²) in [5.74, 6) is 1.59. The molecule has 0 saturated heterocycles. The van der Waals surface area contributed by atoms with Crippen molar-refractivity contribution in [2.24, 2.45) is 0 Å². The number of pyridine rings is 1. The van der Waals surface area contributed by atoms with E-state index >= 15 is 0 Å². The lowest BCUT2D eigenvalue weighted by Gasteiger charge is -2.10. The Morgan fingerprint density at radius 3 is 2.43 bits per heavy atom. The molecule has 0 bridgehead atoms. The minimum atomic E-state index is 0.252. The summed E-state index contributed by atoms with van der Waals surface area (Å²) in [6.45, 7) is 0. The monoisotopic (exact) mass is 328 g/mol. The molecule has 2 N–H and O–H groups in total. The second-order valence-electron chi connectivity index (χ2n) is 4.73. The van der Waals surface area contributed by atoms with Crippen molar-refractivity contribution in [3.8, 4) is 22.8 Å². The number of rotatable bonds is 4. The first-order valence-electron chi connectivity index (χ1n) is 6.87. The molecule has 23 heavy (non-hydrogen) atoms. The van der Waals surface area contributed by atoms with Gasteiger partial charge in [0.25, 0.3) is 0 Å². The Hall–Kier alpha value is -2.54. The molecule has 0 atom stereocenters. The molecule has 6 nitrogen and oxygen atoms in total. The molecule has 0 unspecified atom stereocenters. The quantitative estimate of drug-likeness (QED) is 0.582. The number of nitrogens with zero attached hydrogens (tertiary/aromatic N) is 3. The van der Waals surface area contributed by atoms with Crippen molar-refractivity contribution in [3.63, 3.8) is 0 Å². The van der Waals surface area contributed by atoms with Gasteiger partial charge in [0.05, 0.1) is 25.4 Å². The molecule has 0 aliphatic carbocycles. The van der Waals surface area contributed by atoms with E-state index in [4.69, 9.17) is 20.2 Å². The van der Waals surface area contributed by atoms with Gasteiger partial charge < -0.3 is 15.2 Å². The largest absolute Gasteiger partial charge is 0.493 e. The Bertz CT molecular complexity index is 870. The Morgan fingerprint density at radius 2 is 1.74 bits per heavy atom. The van der Waals surface area contributed by atoms with Crippen LogP contribution in [0.2, 0.25) is 0 Å². The lowest BCUT2D eigenvalue weighted by molar-refractivity contribution is 0.355. The summed E-state index contributed by atoms with van der Waals surface area (Å²) in [5.41, 5.74) is 8.92. The number of aromatic nitrogens is 3. The van der Waals surface area contributed by atoms with Gasteiger partial charge in [0, 0.05) is 5.56 Å². The van der Waals surface area contributed by atoms with Gasteiger partial charge in [0.2, 0.25) is 5.95 Å². The maximum absolute atomic E-state index is 5.73. The Balaban J connectivity index is 2.15. The summed E-state index contributed by atoms with van der Waals surface area (Å²) in [5, 5.41) is 0.759. The number of thioether (sulfide) groups is 1. The van der Waals surface area contributed by atoms with Crippen LogP contribution in [0, 0.1) is 0 Å². The Morgan fingerprint density at radius 1 is 0.957 bits per heavy atom. The fourth-order valence-corrected chi connectivity index (χ4v) is 2.83. The molecule has 2 aromatic heterocycles. The zero-order valence-corrected chi connectivity index (χ0v) is 13.8. The molecule has 2 heterocycles. The molecule has 0 spiro atoms. The van der Waals surface area contributed by atoms with E-state index in [1.54, 1.807) is 14.2 Å².